The number of hydrogen-bond acceptors (Lipinski definition) is 2. The van der Waals surface area contributed by atoms with E-state index < -0.39 is 0 Å². The van der Waals surface area contributed by atoms with Crippen molar-refractivity contribution >= 4 is 39.3 Å². The fraction of sp³-hybridized carbons (Fsp3) is 0.300. The number of benzene rings is 1. The first-order valence-electron chi connectivity index (χ1n) is 4.09. The van der Waals surface area contributed by atoms with Gasteiger partial charge in [-0.3, -0.25) is 0 Å². The minimum atomic E-state index is 0.376. The molecule has 0 fully saturated rings. The van der Waals surface area contributed by atoms with Gasteiger partial charge in [0.05, 0.1) is 11.6 Å². The van der Waals surface area contributed by atoms with Crippen LogP contribution in [0.4, 0.5) is 0 Å². The van der Waals surface area contributed by atoms with E-state index in [4.69, 9.17) is 16.9 Å². The van der Waals surface area contributed by atoms with Gasteiger partial charge in [0.25, 0.3) is 0 Å². The topological polar surface area (TPSA) is 23.8 Å². The van der Waals surface area contributed by atoms with Gasteiger partial charge in [0.2, 0.25) is 0 Å². The number of halogens is 2. The van der Waals surface area contributed by atoms with E-state index in [0.717, 1.165) is 9.37 Å². The van der Waals surface area contributed by atoms with E-state index in [-0.39, 0.29) is 0 Å². The van der Waals surface area contributed by atoms with Crippen LogP contribution in [-0.4, -0.2) is 11.1 Å². The first kappa shape index (κ1) is 11.9. The van der Waals surface area contributed by atoms with Crippen LogP contribution >= 0.6 is 39.3 Å². The maximum Gasteiger partial charge on any atom is 0.0992 e. The van der Waals surface area contributed by atoms with Crippen LogP contribution in [0.1, 0.15) is 12.5 Å². The molecule has 1 unspecified atom stereocenters. The zero-order valence-corrected chi connectivity index (χ0v) is 10.8. The van der Waals surface area contributed by atoms with Gasteiger partial charge in [0.1, 0.15) is 0 Å². The van der Waals surface area contributed by atoms with Crippen molar-refractivity contribution in [2.45, 2.75) is 17.1 Å². The molecule has 0 bridgehead atoms. The second kappa shape index (κ2) is 5.65. The molecule has 74 valence electrons. The van der Waals surface area contributed by atoms with Crippen LogP contribution in [0, 0.1) is 11.3 Å². The summed E-state index contributed by atoms with van der Waals surface area (Å²) in [5.74, 6) is 0.622. The zero-order chi connectivity index (χ0) is 10.6. The lowest BCUT2D eigenvalue weighted by Gasteiger charge is -2.08. The average molecular weight is 291 g/mol. The van der Waals surface area contributed by atoms with E-state index in [2.05, 4.69) is 28.9 Å². The molecule has 0 radical (unpaired) electrons. The van der Waals surface area contributed by atoms with Crippen LogP contribution < -0.4 is 0 Å². The Bertz CT molecular complexity index is 362. The molecule has 4 heteroatoms. The average Bonchev–Trinajstić information content (AvgIpc) is 2.20. The second-order valence-electron chi connectivity index (χ2n) is 2.84. The predicted octanol–water partition coefficient (Wildman–Crippen LogP) is 4.04. The van der Waals surface area contributed by atoms with E-state index in [1.807, 2.05) is 18.2 Å². The molecule has 0 amide bonds. The van der Waals surface area contributed by atoms with Crippen molar-refractivity contribution in [2.24, 2.45) is 0 Å². The van der Waals surface area contributed by atoms with Crippen molar-refractivity contribution in [3.8, 4) is 6.07 Å². The highest BCUT2D eigenvalue weighted by atomic mass is 79.9. The van der Waals surface area contributed by atoms with Gasteiger partial charge in [-0.05, 0) is 34.1 Å². The highest BCUT2D eigenvalue weighted by Gasteiger charge is 2.06. The number of nitriles is 1. The highest BCUT2D eigenvalue weighted by molar-refractivity contribution is 9.10. The van der Waals surface area contributed by atoms with Crippen molar-refractivity contribution in [1.29, 1.82) is 5.26 Å². The van der Waals surface area contributed by atoms with Crippen molar-refractivity contribution in [3.63, 3.8) is 0 Å². The Hall–Kier alpha value is -0.170. The van der Waals surface area contributed by atoms with Crippen molar-refractivity contribution < 1.29 is 0 Å². The monoisotopic (exact) mass is 289 g/mol. The van der Waals surface area contributed by atoms with Crippen LogP contribution in [-0.2, 0) is 0 Å². The molecule has 1 rings (SSSR count). The minimum absolute atomic E-state index is 0.376. The maximum atomic E-state index is 8.68. The summed E-state index contributed by atoms with van der Waals surface area (Å²) in [5.41, 5.74) is 0.666. The lowest BCUT2D eigenvalue weighted by molar-refractivity contribution is 1.12. The molecule has 0 aliphatic heterocycles. The number of alkyl halides is 1. The van der Waals surface area contributed by atoms with E-state index in [0.29, 0.717) is 16.7 Å². The third kappa shape index (κ3) is 3.20. The first-order valence-corrected chi connectivity index (χ1v) is 6.30. The maximum absolute atomic E-state index is 8.68. The van der Waals surface area contributed by atoms with Gasteiger partial charge in [0.15, 0.2) is 0 Å². The van der Waals surface area contributed by atoms with Crippen LogP contribution in [0.3, 0.4) is 0 Å². The highest BCUT2D eigenvalue weighted by Crippen LogP contribution is 2.31. The smallest absolute Gasteiger partial charge is 0.0992 e. The molecule has 0 N–H and O–H groups in total. The van der Waals surface area contributed by atoms with Crippen LogP contribution in [0.25, 0.3) is 0 Å². The molecule has 0 saturated carbocycles. The Morgan fingerprint density at radius 1 is 1.64 bits per heavy atom. The van der Waals surface area contributed by atoms with E-state index >= 15 is 0 Å². The minimum Gasteiger partial charge on any atom is -0.192 e. The lowest BCUT2D eigenvalue weighted by Crippen LogP contribution is -1.96. The van der Waals surface area contributed by atoms with Gasteiger partial charge in [-0.15, -0.1) is 23.4 Å². The summed E-state index contributed by atoms with van der Waals surface area (Å²) < 4.78 is 0.957. The molecular formula is C10H9BrClNS. The van der Waals surface area contributed by atoms with Gasteiger partial charge >= 0.3 is 0 Å². The number of thioether (sulfide) groups is 1. The van der Waals surface area contributed by atoms with Crippen LogP contribution in [0.15, 0.2) is 27.6 Å². The van der Waals surface area contributed by atoms with Gasteiger partial charge in [-0.2, -0.15) is 5.26 Å². The summed E-state index contributed by atoms with van der Waals surface area (Å²) >= 11 is 10.9. The molecule has 1 aromatic rings. The molecule has 1 nitrogen and oxygen atoms in total. The van der Waals surface area contributed by atoms with Crippen LogP contribution in [0.2, 0.25) is 0 Å². The van der Waals surface area contributed by atoms with Gasteiger partial charge < -0.3 is 0 Å². The molecule has 1 atom stereocenters. The predicted molar refractivity (Wildman–Crippen MR) is 64.9 cm³/mol. The Kier molecular flexibility index (Phi) is 4.80. The largest absolute Gasteiger partial charge is 0.192 e. The standard InChI is InChI=1S/C10H9BrClNS/c1-7(5-12)14-10-3-2-8(6-13)4-9(10)11/h2-4,7H,5H2,1H3. The fourth-order valence-electron chi connectivity index (χ4n) is 0.914. The second-order valence-corrected chi connectivity index (χ2v) is 5.48. The van der Waals surface area contributed by atoms with E-state index in [9.17, 15) is 0 Å². The normalized spacial score (nSPS) is 12.1. The third-order valence-electron chi connectivity index (χ3n) is 1.61. The molecule has 0 saturated heterocycles. The Balaban J connectivity index is 2.85. The summed E-state index contributed by atoms with van der Waals surface area (Å²) in [5, 5.41) is 9.06. The Morgan fingerprint density at radius 2 is 2.36 bits per heavy atom. The van der Waals surface area contributed by atoms with Crippen molar-refractivity contribution in [2.75, 3.05) is 5.88 Å². The molecule has 1 aromatic carbocycles. The van der Waals surface area contributed by atoms with Gasteiger partial charge in [-0.1, -0.05) is 6.92 Å². The molecule has 0 heterocycles. The number of rotatable bonds is 3. The SMILES string of the molecule is CC(CCl)Sc1ccc(C#N)cc1Br. The lowest BCUT2D eigenvalue weighted by atomic mass is 10.2. The van der Waals surface area contributed by atoms with Crippen LogP contribution in [0.5, 0.6) is 0 Å². The molecule has 0 aliphatic rings. The van der Waals surface area contributed by atoms with Crippen molar-refractivity contribution in [3.05, 3.63) is 28.2 Å². The van der Waals surface area contributed by atoms with E-state index in [1.54, 1.807) is 11.8 Å². The van der Waals surface area contributed by atoms with Crippen molar-refractivity contribution in [1.82, 2.24) is 0 Å². The third-order valence-corrected chi connectivity index (χ3v) is 4.35. The molecule has 0 spiro atoms. The summed E-state index contributed by atoms with van der Waals surface area (Å²) in [7, 11) is 0. The Labute approximate surface area is 102 Å². The van der Waals surface area contributed by atoms with E-state index in [1.165, 1.54) is 0 Å². The summed E-state index contributed by atoms with van der Waals surface area (Å²) in [6, 6.07) is 7.67. The number of nitrogens with zero attached hydrogens (tertiary/aromatic N) is 1. The van der Waals surface area contributed by atoms with Gasteiger partial charge in [0, 0.05) is 20.5 Å². The quantitative estimate of drug-likeness (QED) is 0.619. The number of hydrogen-bond donors (Lipinski definition) is 0. The first-order chi connectivity index (χ1) is 6.67. The molecule has 0 aromatic heterocycles. The summed E-state index contributed by atoms with van der Waals surface area (Å²) in [4.78, 5) is 1.12. The fourth-order valence-corrected chi connectivity index (χ4v) is 2.58. The van der Waals surface area contributed by atoms with Gasteiger partial charge in [-0.25, -0.2) is 0 Å². The molecule has 0 aliphatic carbocycles. The molecular weight excluding hydrogens is 282 g/mol. The Morgan fingerprint density at radius 3 is 2.86 bits per heavy atom. The summed E-state index contributed by atoms with van der Waals surface area (Å²) in [6.45, 7) is 2.07. The summed E-state index contributed by atoms with van der Waals surface area (Å²) in [6.07, 6.45) is 0. The zero-order valence-electron chi connectivity index (χ0n) is 7.63. The molecule has 14 heavy (non-hydrogen) atoms.